The third kappa shape index (κ3) is 4.80. The smallest absolute Gasteiger partial charge is 0.275 e. The van der Waals surface area contributed by atoms with Crippen LogP contribution in [-0.4, -0.2) is 56.6 Å². The lowest BCUT2D eigenvalue weighted by atomic mass is 10.1. The summed E-state index contributed by atoms with van der Waals surface area (Å²) in [6.07, 6.45) is 3.14. The van der Waals surface area contributed by atoms with E-state index >= 15 is 0 Å². The Morgan fingerprint density at radius 2 is 1.86 bits per heavy atom. The molecule has 0 aliphatic carbocycles. The third-order valence-electron chi connectivity index (χ3n) is 6.35. The Bertz CT molecular complexity index is 1170. The molecular weight excluding hydrogens is 458 g/mol. The van der Waals surface area contributed by atoms with Crippen LogP contribution < -0.4 is 10.7 Å². The second-order valence-corrected chi connectivity index (χ2v) is 8.11. The van der Waals surface area contributed by atoms with E-state index in [1.54, 1.807) is 4.90 Å². The molecule has 1 aromatic heterocycles. The molecule has 4 heterocycles. The first-order valence-electron chi connectivity index (χ1n) is 12.1. The highest BCUT2D eigenvalue weighted by Gasteiger charge is 2.48. The fourth-order valence-electron chi connectivity index (χ4n) is 4.82. The van der Waals surface area contributed by atoms with Crippen molar-refractivity contribution in [2.45, 2.75) is 65.8 Å². The van der Waals surface area contributed by atoms with E-state index in [2.05, 4.69) is 10.2 Å². The molecule has 10 heteroatoms. The number of aromatic nitrogens is 1. The zero-order valence-electron chi connectivity index (χ0n) is 20.5. The lowest BCUT2D eigenvalue weighted by molar-refractivity contribution is 0.0513. The third-order valence-corrected chi connectivity index (χ3v) is 6.35. The van der Waals surface area contributed by atoms with Crippen molar-refractivity contribution in [2.75, 3.05) is 13.1 Å². The topological polar surface area (TPSA) is 94.9 Å². The summed E-state index contributed by atoms with van der Waals surface area (Å²) in [5.74, 6) is -3.58. The van der Waals surface area contributed by atoms with Crippen molar-refractivity contribution >= 4 is 11.8 Å². The summed E-state index contributed by atoms with van der Waals surface area (Å²) in [7, 11) is 0. The molecular formula is C25H32F2N4O4. The van der Waals surface area contributed by atoms with Crippen LogP contribution in [0.4, 0.5) is 8.78 Å². The van der Waals surface area contributed by atoms with E-state index in [-0.39, 0.29) is 35.6 Å². The van der Waals surface area contributed by atoms with Crippen LogP contribution in [0.15, 0.2) is 29.2 Å². The van der Waals surface area contributed by atoms with Gasteiger partial charge in [0, 0.05) is 43.5 Å². The predicted molar refractivity (Wildman–Crippen MR) is 127 cm³/mol. The molecule has 0 saturated carbocycles. The number of hydrogen-bond donors (Lipinski definition) is 2. The maximum Gasteiger partial charge on any atom is 0.275 e. The molecule has 3 aliphatic heterocycles. The molecule has 0 spiro atoms. The number of carbonyl (C=O) groups excluding carboxylic acids is 2. The molecule has 2 aromatic rings. The molecule has 2 saturated heterocycles. The van der Waals surface area contributed by atoms with Crippen LogP contribution in [-0.2, 0) is 13.1 Å². The molecule has 2 unspecified atom stereocenters. The number of halogens is 2. The van der Waals surface area contributed by atoms with Gasteiger partial charge in [0.25, 0.3) is 11.8 Å². The van der Waals surface area contributed by atoms with Gasteiger partial charge in [-0.15, -0.1) is 0 Å². The van der Waals surface area contributed by atoms with E-state index in [1.807, 2.05) is 27.7 Å². The van der Waals surface area contributed by atoms with Gasteiger partial charge in [-0.3, -0.25) is 19.3 Å². The molecule has 0 radical (unpaired) electrons. The maximum absolute atomic E-state index is 13.8. The average molecular weight is 491 g/mol. The molecule has 8 nitrogen and oxygen atoms in total. The summed E-state index contributed by atoms with van der Waals surface area (Å²) >= 11 is 0. The van der Waals surface area contributed by atoms with E-state index < -0.39 is 34.6 Å². The molecule has 2 amide bonds. The number of pyridine rings is 1. The number of amides is 2. The van der Waals surface area contributed by atoms with Crippen LogP contribution in [0.3, 0.4) is 0 Å². The van der Waals surface area contributed by atoms with E-state index in [4.69, 9.17) is 0 Å². The molecule has 0 bridgehead atoms. The summed E-state index contributed by atoms with van der Waals surface area (Å²) in [6.45, 7) is 9.50. The molecule has 35 heavy (non-hydrogen) atoms. The van der Waals surface area contributed by atoms with Gasteiger partial charge in [-0.05, 0) is 18.9 Å². The second-order valence-electron chi connectivity index (χ2n) is 8.11. The van der Waals surface area contributed by atoms with Crippen molar-refractivity contribution in [3.8, 4) is 5.75 Å². The SMILES string of the molecule is CC.CC.O=C(NCc1ccc(F)cc1F)c1cn2c(c(O)c1=O)C(=O)N1CC3CCCN3C1C2. The number of nitrogens with one attached hydrogen (secondary N) is 1. The molecule has 3 aliphatic rings. The van der Waals surface area contributed by atoms with E-state index in [0.717, 1.165) is 25.5 Å². The number of fused-ring (bicyclic) bond motifs is 4. The number of rotatable bonds is 3. The Morgan fingerprint density at radius 3 is 2.54 bits per heavy atom. The Balaban J connectivity index is 0.000000815. The van der Waals surface area contributed by atoms with Gasteiger partial charge >= 0.3 is 0 Å². The van der Waals surface area contributed by atoms with Crippen molar-refractivity contribution < 1.29 is 23.5 Å². The van der Waals surface area contributed by atoms with Crippen molar-refractivity contribution in [3.63, 3.8) is 0 Å². The Kier molecular flexibility index (Phi) is 8.26. The number of carbonyl (C=O) groups is 2. The van der Waals surface area contributed by atoms with Gasteiger partial charge < -0.3 is 19.9 Å². The minimum absolute atomic E-state index is 0.0499. The molecule has 2 N–H and O–H groups in total. The fraction of sp³-hybridized carbons (Fsp3) is 0.480. The predicted octanol–water partition coefficient (Wildman–Crippen LogP) is 3.07. The highest BCUT2D eigenvalue weighted by atomic mass is 19.1. The first-order valence-corrected chi connectivity index (χ1v) is 12.1. The minimum atomic E-state index is -0.963. The van der Waals surface area contributed by atoms with Crippen molar-refractivity contribution in [2.24, 2.45) is 0 Å². The number of hydrogen-bond acceptors (Lipinski definition) is 5. The molecule has 5 rings (SSSR count). The quantitative estimate of drug-likeness (QED) is 0.690. The van der Waals surface area contributed by atoms with Gasteiger partial charge in [-0.1, -0.05) is 33.8 Å². The van der Waals surface area contributed by atoms with Gasteiger partial charge in [0.05, 0.1) is 6.54 Å². The maximum atomic E-state index is 13.8. The van der Waals surface area contributed by atoms with Crippen molar-refractivity contribution in [1.29, 1.82) is 0 Å². The number of benzene rings is 1. The largest absolute Gasteiger partial charge is 0.503 e. The summed E-state index contributed by atoms with van der Waals surface area (Å²) in [6, 6.07) is 3.23. The second kappa shape index (κ2) is 11.0. The molecule has 2 fully saturated rings. The zero-order chi connectivity index (χ0) is 25.9. The lowest BCUT2D eigenvalue weighted by Gasteiger charge is -2.35. The standard InChI is InChI=1S/C21H20F2N4O4.2C2H6/c22-12-4-3-11(15(23)6-12)7-24-20(30)14-9-25-10-16-26-5-1-2-13(26)8-27(16)21(31)17(25)19(29)18(14)28;2*1-2/h3-4,6,9,13,16,29H,1-2,5,7-8,10H2,(H,24,30);2*1-2H3. The van der Waals surface area contributed by atoms with E-state index in [1.165, 1.54) is 16.8 Å². The van der Waals surface area contributed by atoms with Crippen molar-refractivity contribution in [1.82, 2.24) is 19.7 Å². The summed E-state index contributed by atoms with van der Waals surface area (Å²) in [5.41, 5.74) is -1.38. The van der Waals surface area contributed by atoms with Crippen LogP contribution in [0.25, 0.3) is 0 Å². The first-order chi connectivity index (χ1) is 16.8. The monoisotopic (exact) mass is 490 g/mol. The molecule has 1 aromatic carbocycles. The van der Waals surface area contributed by atoms with E-state index in [9.17, 15) is 28.3 Å². The number of nitrogens with zero attached hydrogens (tertiary/aromatic N) is 3. The van der Waals surface area contributed by atoms with Crippen molar-refractivity contribution in [3.05, 3.63) is 63.1 Å². The first kappa shape index (κ1) is 26.3. The summed E-state index contributed by atoms with van der Waals surface area (Å²) in [4.78, 5) is 42.1. The molecule has 190 valence electrons. The highest BCUT2D eigenvalue weighted by molar-refractivity contribution is 5.99. The van der Waals surface area contributed by atoms with Crippen LogP contribution in [0.2, 0.25) is 0 Å². The molecule has 2 atom stereocenters. The van der Waals surface area contributed by atoms with Crippen LogP contribution >= 0.6 is 0 Å². The Hall–Kier alpha value is -3.27. The Labute approximate surface area is 203 Å². The van der Waals surface area contributed by atoms with Gasteiger partial charge in [-0.2, -0.15) is 0 Å². The normalized spacial score (nSPS) is 20.1. The van der Waals surface area contributed by atoms with Crippen LogP contribution in [0, 0.1) is 11.6 Å². The summed E-state index contributed by atoms with van der Waals surface area (Å²) in [5, 5.41) is 12.9. The minimum Gasteiger partial charge on any atom is -0.503 e. The highest BCUT2D eigenvalue weighted by Crippen LogP contribution is 2.35. The van der Waals surface area contributed by atoms with Crippen LogP contribution in [0.5, 0.6) is 5.75 Å². The Morgan fingerprint density at radius 1 is 1.14 bits per heavy atom. The zero-order valence-corrected chi connectivity index (χ0v) is 20.5. The lowest BCUT2D eigenvalue weighted by Crippen LogP contribution is -2.50. The summed E-state index contributed by atoms with van der Waals surface area (Å²) < 4.78 is 28.3. The van der Waals surface area contributed by atoms with Crippen LogP contribution in [0.1, 0.15) is 66.9 Å². The average Bonchev–Trinajstić information content (AvgIpc) is 3.45. The number of aromatic hydroxyl groups is 1. The van der Waals surface area contributed by atoms with Gasteiger partial charge in [-0.25, -0.2) is 8.78 Å². The van der Waals surface area contributed by atoms with E-state index in [0.29, 0.717) is 19.2 Å². The van der Waals surface area contributed by atoms with Gasteiger partial charge in [0.15, 0.2) is 11.4 Å². The fourth-order valence-corrected chi connectivity index (χ4v) is 4.82. The van der Waals surface area contributed by atoms with Gasteiger partial charge in [0.1, 0.15) is 23.4 Å². The van der Waals surface area contributed by atoms with Gasteiger partial charge in [0.2, 0.25) is 5.43 Å².